The van der Waals surface area contributed by atoms with Crippen molar-refractivity contribution in [2.75, 3.05) is 13.7 Å². The number of hydrogen-bond donors (Lipinski definition) is 1. The number of carbonyl (C=O) groups excluding carboxylic acids is 2. The predicted molar refractivity (Wildman–Crippen MR) is 97.0 cm³/mol. The fourth-order valence-electron chi connectivity index (χ4n) is 2.06. The van der Waals surface area contributed by atoms with Gasteiger partial charge in [0.1, 0.15) is 15.6 Å². The quantitative estimate of drug-likeness (QED) is 0.766. The maximum absolute atomic E-state index is 12.2. The van der Waals surface area contributed by atoms with Gasteiger partial charge in [-0.15, -0.1) is 11.3 Å². The summed E-state index contributed by atoms with van der Waals surface area (Å²) < 4.78 is 10.2. The number of methoxy groups -OCH3 is 1. The molecule has 1 N–H and O–H groups in total. The number of aryl methyl sites for hydroxylation is 1. The molecule has 1 atom stereocenters. The highest BCUT2D eigenvalue weighted by molar-refractivity contribution is 7.17. The van der Waals surface area contributed by atoms with Crippen LogP contribution in [0.3, 0.4) is 0 Å². The summed E-state index contributed by atoms with van der Waals surface area (Å²) in [5.74, 6) is -0.0849. The Labute approximate surface area is 151 Å². The lowest BCUT2D eigenvalue weighted by molar-refractivity contribution is -0.124. The predicted octanol–water partition coefficient (Wildman–Crippen LogP) is 3.20. The number of rotatable bonds is 7. The molecule has 6 nitrogen and oxygen atoms in total. The number of carbonyl (C=O) groups is 2. The molecule has 0 saturated carbocycles. The van der Waals surface area contributed by atoms with Crippen LogP contribution in [-0.4, -0.2) is 36.6 Å². The average Bonchev–Trinajstić information content (AvgIpc) is 3.01. The Hall–Kier alpha value is -2.41. The summed E-state index contributed by atoms with van der Waals surface area (Å²) in [6, 6.07) is 7.49. The van der Waals surface area contributed by atoms with Crippen molar-refractivity contribution in [2.24, 2.45) is 0 Å². The first-order valence-corrected chi connectivity index (χ1v) is 8.84. The number of thiazole rings is 1. The van der Waals surface area contributed by atoms with Crippen LogP contribution in [-0.2, 0) is 9.53 Å². The minimum absolute atomic E-state index is 0.0537. The largest absolute Gasteiger partial charge is 0.497 e. The Kier molecular flexibility index (Phi) is 6.52. The number of benzene rings is 1. The molecule has 134 valence electrons. The summed E-state index contributed by atoms with van der Waals surface area (Å²) in [4.78, 5) is 28.8. The number of nitrogens with zero attached hydrogens (tertiary/aromatic N) is 1. The highest BCUT2D eigenvalue weighted by Crippen LogP contribution is 2.29. The maximum Gasteiger partial charge on any atom is 0.350 e. The molecule has 0 radical (unpaired) electrons. The van der Waals surface area contributed by atoms with Gasteiger partial charge >= 0.3 is 5.97 Å². The molecule has 0 bridgehead atoms. The smallest absolute Gasteiger partial charge is 0.350 e. The standard InChI is InChI=1S/C18H22N2O4S/c1-5-11(2)19-15(21)10-24-18(22)16-12(3)20-17(25-16)13-6-8-14(23-4)9-7-13/h6-9,11H,5,10H2,1-4H3,(H,19,21)/t11-/m0/s1. The van der Waals surface area contributed by atoms with Crippen molar-refractivity contribution in [3.05, 3.63) is 34.8 Å². The molecule has 0 fully saturated rings. The van der Waals surface area contributed by atoms with E-state index < -0.39 is 5.97 Å². The van der Waals surface area contributed by atoms with Gasteiger partial charge < -0.3 is 14.8 Å². The third kappa shape index (κ3) is 5.03. The lowest BCUT2D eigenvalue weighted by Gasteiger charge is -2.11. The van der Waals surface area contributed by atoms with E-state index in [0.29, 0.717) is 10.6 Å². The van der Waals surface area contributed by atoms with Crippen molar-refractivity contribution < 1.29 is 19.1 Å². The number of nitrogens with one attached hydrogen (secondary N) is 1. The summed E-state index contributed by atoms with van der Waals surface area (Å²) in [5, 5.41) is 3.47. The number of ether oxygens (including phenoxy) is 2. The van der Waals surface area contributed by atoms with E-state index in [9.17, 15) is 9.59 Å². The Morgan fingerprint density at radius 1 is 1.28 bits per heavy atom. The first kappa shape index (κ1) is 18.9. The molecule has 0 aliphatic heterocycles. The first-order chi connectivity index (χ1) is 11.9. The normalized spacial score (nSPS) is 11.7. The molecule has 0 aliphatic carbocycles. The van der Waals surface area contributed by atoms with E-state index in [2.05, 4.69) is 10.3 Å². The summed E-state index contributed by atoms with van der Waals surface area (Å²) in [6.45, 7) is 5.32. The van der Waals surface area contributed by atoms with Gasteiger partial charge in [0.05, 0.1) is 12.8 Å². The van der Waals surface area contributed by atoms with E-state index in [1.54, 1.807) is 14.0 Å². The third-order valence-electron chi connectivity index (χ3n) is 3.67. The van der Waals surface area contributed by atoms with Crippen LogP contribution < -0.4 is 10.1 Å². The van der Waals surface area contributed by atoms with Gasteiger partial charge in [0, 0.05) is 11.6 Å². The second kappa shape index (κ2) is 8.62. The monoisotopic (exact) mass is 362 g/mol. The Morgan fingerprint density at radius 2 is 1.96 bits per heavy atom. The van der Waals surface area contributed by atoms with Crippen molar-refractivity contribution >= 4 is 23.2 Å². The van der Waals surface area contributed by atoms with E-state index in [-0.39, 0.29) is 18.6 Å². The number of esters is 1. The molecular weight excluding hydrogens is 340 g/mol. The van der Waals surface area contributed by atoms with E-state index in [1.807, 2.05) is 38.1 Å². The fourth-order valence-corrected chi connectivity index (χ4v) is 3.02. The van der Waals surface area contributed by atoms with Gasteiger partial charge in [0.25, 0.3) is 5.91 Å². The van der Waals surface area contributed by atoms with Gasteiger partial charge in [-0.05, 0) is 44.5 Å². The molecule has 0 saturated heterocycles. The van der Waals surface area contributed by atoms with Crippen molar-refractivity contribution in [2.45, 2.75) is 33.2 Å². The van der Waals surface area contributed by atoms with Crippen LogP contribution >= 0.6 is 11.3 Å². The van der Waals surface area contributed by atoms with Crippen LogP contribution in [0.25, 0.3) is 10.6 Å². The Bertz CT molecular complexity index is 740. The van der Waals surface area contributed by atoms with Crippen LogP contribution in [0.15, 0.2) is 24.3 Å². The summed E-state index contributed by atoms with van der Waals surface area (Å²) in [7, 11) is 1.61. The van der Waals surface area contributed by atoms with Gasteiger partial charge in [-0.3, -0.25) is 4.79 Å². The molecule has 2 rings (SSSR count). The van der Waals surface area contributed by atoms with E-state index in [4.69, 9.17) is 9.47 Å². The third-order valence-corrected chi connectivity index (χ3v) is 4.86. The van der Waals surface area contributed by atoms with E-state index >= 15 is 0 Å². The minimum Gasteiger partial charge on any atom is -0.497 e. The van der Waals surface area contributed by atoms with Gasteiger partial charge in [-0.25, -0.2) is 9.78 Å². The molecular formula is C18H22N2O4S. The summed E-state index contributed by atoms with van der Waals surface area (Å²) >= 11 is 1.25. The zero-order valence-electron chi connectivity index (χ0n) is 14.8. The maximum atomic E-state index is 12.2. The van der Waals surface area contributed by atoms with Crippen LogP contribution in [0.1, 0.15) is 35.6 Å². The lowest BCUT2D eigenvalue weighted by Crippen LogP contribution is -2.35. The van der Waals surface area contributed by atoms with Crippen molar-refractivity contribution in [3.63, 3.8) is 0 Å². The van der Waals surface area contributed by atoms with Gasteiger partial charge in [0.2, 0.25) is 0 Å². The highest BCUT2D eigenvalue weighted by atomic mass is 32.1. The molecule has 2 aromatic rings. The van der Waals surface area contributed by atoms with Crippen molar-refractivity contribution in [3.8, 4) is 16.3 Å². The summed E-state index contributed by atoms with van der Waals surface area (Å²) in [6.07, 6.45) is 0.818. The fraction of sp³-hybridized carbons (Fsp3) is 0.389. The van der Waals surface area contributed by atoms with Crippen LogP contribution in [0, 0.1) is 6.92 Å². The molecule has 0 spiro atoms. The zero-order chi connectivity index (χ0) is 18.4. The van der Waals surface area contributed by atoms with E-state index in [0.717, 1.165) is 22.7 Å². The van der Waals surface area contributed by atoms with Gasteiger partial charge in [-0.1, -0.05) is 6.92 Å². The van der Waals surface area contributed by atoms with Crippen molar-refractivity contribution in [1.82, 2.24) is 10.3 Å². The summed E-state index contributed by atoms with van der Waals surface area (Å²) in [5.41, 5.74) is 1.48. The molecule has 1 amide bonds. The van der Waals surface area contributed by atoms with Gasteiger partial charge in [-0.2, -0.15) is 0 Å². The molecule has 0 aliphatic rings. The molecule has 1 heterocycles. The molecule has 7 heteroatoms. The van der Waals surface area contributed by atoms with E-state index in [1.165, 1.54) is 11.3 Å². The minimum atomic E-state index is -0.533. The number of amides is 1. The second-order valence-electron chi connectivity index (χ2n) is 5.61. The molecule has 25 heavy (non-hydrogen) atoms. The lowest BCUT2D eigenvalue weighted by atomic mass is 10.2. The van der Waals surface area contributed by atoms with Crippen LogP contribution in [0.5, 0.6) is 5.75 Å². The Balaban J connectivity index is 2.03. The molecule has 1 aromatic heterocycles. The number of aromatic nitrogens is 1. The Morgan fingerprint density at radius 3 is 2.56 bits per heavy atom. The topological polar surface area (TPSA) is 77.5 Å². The van der Waals surface area contributed by atoms with Crippen LogP contribution in [0.2, 0.25) is 0 Å². The first-order valence-electron chi connectivity index (χ1n) is 8.03. The SMILES string of the molecule is CC[C@H](C)NC(=O)COC(=O)c1sc(-c2ccc(OC)cc2)nc1C. The van der Waals surface area contributed by atoms with Gasteiger partial charge in [0.15, 0.2) is 6.61 Å². The molecule has 1 aromatic carbocycles. The zero-order valence-corrected chi connectivity index (χ0v) is 15.6. The second-order valence-corrected chi connectivity index (χ2v) is 6.61. The van der Waals surface area contributed by atoms with Crippen LogP contribution in [0.4, 0.5) is 0 Å². The van der Waals surface area contributed by atoms with Crippen molar-refractivity contribution in [1.29, 1.82) is 0 Å². The highest BCUT2D eigenvalue weighted by Gasteiger charge is 2.19. The average molecular weight is 362 g/mol. The number of hydrogen-bond acceptors (Lipinski definition) is 6. The molecule has 0 unspecified atom stereocenters.